The van der Waals surface area contributed by atoms with Crippen LogP contribution in [0.4, 0.5) is 0 Å². The molecule has 1 saturated carbocycles. The summed E-state index contributed by atoms with van der Waals surface area (Å²) in [4.78, 5) is 17.9. The highest BCUT2D eigenvalue weighted by molar-refractivity contribution is 5.96. The Kier molecular flexibility index (Phi) is 5.91. The lowest BCUT2D eigenvalue weighted by atomic mass is 9.89. The van der Waals surface area contributed by atoms with Crippen LogP contribution in [-0.2, 0) is 13.0 Å². The number of carbonyl (C=O) groups excluding carboxylic acids is 1. The Balaban J connectivity index is 1.38. The number of amides is 1. The van der Waals surface area contributed by atoms with Gasteiger partial charge in [-0.2, -0.15) is 0 Å². The van der Waals surface area contributed by atoms with Gasteiger partial charge in [-0.15, -0.1) is 0 Å². The van der Waals surface area contributed by atoms with Crippen molar-refractivity contribution in [2.24, 2.45) is 5.92 Å². The zero-order valence-electron chi connectivity index (χ0n) is 16.0. The number of hydrogen-bond acceptors (Lipinski definition) is 3. The summed E-state index contributed by atoms with van der Waals surface area (Å²) in [5, 5.41) is 3.41. The lowest BCUT2D eigenvalue weighted by Gasteiger charge is -2.29. The van der Waals surface area contributed by atoms with Crippen molar-refractivity contribution in [3.63, 3.8) is 0 Å². The van der Waals surface area contributed by atoms with Crippen LogP contribution in [0.5, 0.6) is 0 Å². The van der Waals surface area contributed by atoms with Gasteiger partial charge in [-0.3, -0.25) is 4.79 Å². The molecule has 2 heterocycles. The first kappa shape index (κ1) is 18.0. The van der Waals surface area contributed by atoms with Gasteiger partial charge >= 0.3 is 0 Å². The van der Waals surface area contributed by atoms with Crippen LogP contribution in [-0.4, -0.2) is 55.0 Å². The van der Waals surface area contributed by atoms with Gasteiger partial charge in [-0.25, -0.2) is 0 Å². The molecule has 2 aliphatic heterocycles. The van der Waals surface area contributed by atoms with Gasteiger partial charge in [-0.1, -0.05) is 31.4 Å². The maximum atomic E-state index is 13.2. The average molecular weight is 356 g/mol. The van der Waals surface area contributed by atoms with Crippen LogP contribution >= 0.6 is 0 Å². The van der Waals surface area contributed by atoms with Crippen LogP contribution in [0, 0.1) is 5.92 Å². The third-order valence-electron chi connectivity index (χ3n) is 6.49. The van der Waals surface area contributed by atoms with E-state index in [4.69, 9.17) is 0 Å². The molecular formula is C22H33N3O. The SMILES string of the molecule is O=C(c1cccc2c1CCNC2)N1CCCN(CC2CCCCC2)CC1. The van der Waals surface area contributed by atoms with Crippen LogP contribution in [0.15, 0.2) is 18.2 Å². The molecule has 1 aromatic carbocycles. The lowest BCUT2D eigenvalue weighted by Crippen LogP contribution is -2.37. The molecule has 0 unspecified atom stereocenters. The normalized spacial score (nSPS) is 22.7. The van der Waals surface area contributed by atoms with E-state index in [2.05, 4.69) is 21.2 Å². The third kappa shape index (κ3) is 4.12. The second kappa shape index (κ2) is 8.53. The minimum Gasteiger partial charge on any atom is -0.337 e. The number of nitrogens with zero attached hydrogens (tertiary/aromatic N) is 2. The van der Waals surface area contributed by atoms with Crippen LogP contribution in [0.25, 0.3) is 0 Å². The summed E-state index contributed by atoms with van der Waals surface area (Å²) in [7, 11) is 0. The predicted octanol–water partition coefficient (Wildman–Crippen LogP) is 3.06. The largest absolute Gasteiger partial charge is 0.337 e. The molecule has 1 aromatic rings. The van der Waals surface area contributed by atoms with Crippen molar-refractivity contribution < 1.29 is 4.79 Å². The summed E-state index contributed by atoms with van der Waals surface area (Å²) >= 11 is 0. The molecule has 1 aliphatic carbocycles. The number of benzene rings is 1. The van der Waals surface area contributed by atoms with Crippen molar-refractivity contribution in [3.05, 3.63) is 34.9 Å². The van der Waals surface area contributed by atoms with Gasteiger partial charge in [0.25, 0.3) is 5.91 Å². The van der Waals surface area contributed by atoms with E-state index >= 15 is 0 Å². The maximum absolute atomic E-state index is 13.2. The van der Waals surface area contributed by atoms with E-state index in [-0.39, 0.29) is 5.91 Å². The van der Waals surface area contributed by atoms with Gasteiger partial charge < -0.3 is 15.1 Å². The highest BCUT2D eigenvalue weighted by atomic mass is 16.2. The molecule has 0 bridgehead atoms. The second-order valence-corrected chi connectivity index (χ2v) is 8.32. The number of hydrogen-bond donors (Lipinski definition) is 1. The van der Waals surface area contributed by atoms with Crippen LogP contribution in [0.3, 0.4) is 0 Å². The van der Waals surface area contributed by atoms with Gasteiger partial charge in [0.15, 0.2) is 0 Å². The quantitative estimate of drug-likeness (QED) is 0.905. The molecule has 4 nitrogen and oxygen atoms in total. The van der Waals surface area contributed by atoms with Crippen LogP contribution in [0.2, 0.25) is 0 Å². The van der Waals surface area contributed by atoms with Gasteiger partial charge in [-0.05, 0) is 61.9 Å². The van der Waals surface area contributed by atoms with Crippen molar-refractivity contribution >= 4 is 5.91 Å². The zero-order chi connectivity index (χ0) is 17.8. The Bertz CT molecular complexity index is 624. The first-order valence-electron chi connectivity index (χ1n) is 10.6. The molecule has 0 spiro atoms. The highest BCUT2D eigenvalue weighted by Crippen LogP contribution is 2.25. The van der Waals surface area contributed by atoms with Crippen molar-refractivity contribution in [2.45, 2.75) is 51.5 Å². The van der Waals surface area contributed by atoms with E-state index in [0.29, 0.717) is 0 Å². The minimum atomic E-state index is 0.253. The Labute approximate surface area is 157 Å². The van der Waals surface area contributed by atoms with Gasteiger partial charge in [0.05, 0.1) is 0 Å². The highest BCUT2D eigenvalue weighted by Gasteiger charge is 2.25. The van der Waals surface area contributed by atoms with Crippen LogP contribution in [0.1, 0.15) is 60.0 Å². The van der Waals surface area contributed by atoms with Crippen molar-refractivity contribution in [1.82, 2.24) is 15.1 Å². The molecular weight excluding hydrogens is 322 g/mol. The summed E-state index contributed by atoms with van der Waals surface area (Å²) in [5.41, 5.74) is 3.53. The average Bonchev–Trinajstić information content (AvgIpc) is 2.93. The smallest absolute Gasteiger partial charge is 0.254 e. The Hall–Kier alpha value is -1.39. The second-order valence-electron chi connectivity index (χ2n) is 8.32. The van der Waals surface area contributed by atoms with E-state index in [1.807, 2.05) is 12.1 Å². The zero-order valence-corrected chi connectivity index (χ0v) is 16.0. The summed E-state index contributed by atoms with van der Waals surface area (Å²) in [6.07, 6.45) is 9.14. The van der Waals surface area contributed by atoms with Crippen molar-refractivity contribution in [1.29, 1.82) is 0 Å². The van der Waals surface area contributed by atoms with Gasteiger partial charge in [0, 0.05) is 38.3 Å². The fourth-order valence-electron chi connectivity index (χ4n) is 4.99. The monoisotopic (exact) mass is 355 g/mol. The minimum absolute atomic E-state index is 0.253. The Morgan fingerprint density at radius 3 is 2.81 bits per heavy atom. The Morgan fingerprint density at radius 1 is 1.04 bits per heavy atom. The summed E-state index contributed by atoms with van der Waals surface area (Å²) < 4.78 is 0. The van der Waals surface area contributed by atoms with E-state index in [1.165, 1.54) is 49.8 Å². The van der Waals surface area contributed by atoms with Crippen molar-refractivity contribution in [3.8, 4) is 0 Å². The standard InChI is InChI=1S/C22H33N3O/c26-22(21-9-4-8-19-16-23-11-10-20(19)21)25-13-5-12-24(14-15-25)17-18-6-2-1-3-7-18/h4,8-9,18,23H,1-3,5-7,10-17H2. The summed E-state index contributed by atoms with van der Waals surface area (Å²) in [6, 6.07) is 6.25. The molecule has 0 aromatic heterocycles. The van der Waals surface area contributed by atoms with Crippen LogP contribution < -0.4 is 5.32 Å². The van der Waals surface area contributed by atoms with E-state index < -0.39 is 0 Å². The first-order valence-corrected chi connectivity index (χ1v) is 10.6. The predicted molar refractivity (Wildman–Crippen MR) is 105 cm³/mol. The Morgan fingerprint density at radius 2 is 1.92 bits per heavy atom. The number of carbonyl (C=O) groups is 1. The maximum Gasteiger partial charge on any atom is 0.254 e. The first-order chi connectivity index (χ1) is 12.8. The number of nitrogens with one attached hydrogen (secondary N) is 1. The van der Waals surface area contributed by atoms with E-state index in [1.54, 1.807) is 0 Å². The molecule has 142 valence electrons. The van der Waals surface area contributed by atoms with E-state index in [0.717, 1.165) is 63.6 Å². The molecule has 0 atom stereocenters. The van der Waals surface area contributed by atoms with Crippen molar-refractivity contribution in [2.75, 3.05) is 39.3 Å². The van der Waals surface area contributed by atoms with E-state index in [9.17, 15) is 4.79 Å². The summed E-state index contributed by atoms with van der Waals surface area (Å²) in [5.74, 6) is 1.14. The number of rotatable bonds is 3. The lowest BCUT2D eigenvalue weighted by molar-refractivity contribution is 0.0758. The molecule has 3 aliphatic rings. The van der Waals surface area contributed by atoms with Gasteiger partial charge in [0.2, 0.25) is 0 Å². The fraction of sp³-hybridized carbons (Fsp3) is 0.682. The molecule has 26 heavy (non-hydrogen) atoms. The topological polar surface area (TPSA) is 35.6 Å². The summed E-state index contributed by atoms with van der Waals surface area (Å²) in [6.45, 7) is 7.10. The molecule has 1 N–H and O–H groups in total. The fourth-order valence-corrected chi connectivity index (χ4v) is 4.99. The number of fused-ring (bicyclic) bond motifs is 1. The molecule has 1 saturated heterocycles. The molecule has 0 radical (unpaired) electrons. The third-order valence-corrected chi connectivity index (χ3v) is 6.49. The molecule has 1 amide bonds. The molecule has 4 heteroatoms. The molecule has 4 rings (SSSR count). The van der Waals surface area contributed by atoms with Gasteiger partial charge in [0.1, 0.15) is 0 Å². The molecule has 2 fully saturated rings.